The van der Waals surface area contributed by atoms with Gasteiger partial charge in [-0.05, 0) is 80.0 Å². The minimum atomic E-state index is -4.42. The Morgan fingerprint density at radius 2 is 1.59 bits per heavy atom. The molecular formula is C39H42ClN2O3S+. The number of para-hydroxylation sites is 2. The number of allylic oxidation sites excluding steroid dienone is 8. The molecule has 5 nitrogen and oxygen atoms in total. The Morgan fingerprint density at radius 1 is 0.913 bits per heavy atom. The number of halogens is 1. The third-order valence-corrected chi connectivity index (χ3v) is 11.6. The van der Waals surface area contributed by atoms with Gasteiger partial charge in [0.2, 0.25) is 5.69 Å². The average Bonchev–Trinajstić information content (AvgIpc) is 3.32. The van der Waals surface area contributed by atoms with Crippen molar-refractivity contribution in [1.29, 1.82) is 0 Å². The quantitative estimate of drug-likeness (QED) is 0.220. The predicted molar refractivity (Wildman–Crippen MR) is 189 cm³/mol. The topological polar surface area (TPSA) is 60.6 Å². The predicted octanol–water partition coefficient (Wildman–Crippen LogP) is 9.11. The monoisotopic (exact) mass is 653 g/mol. The molecule has 1 N–H and O–H groups in total. The van der Waals surface area contributed by atoms with Crippen LogP contribution in [0.5, 0.6) is 0 Å². The van der Waals surface area contributed by atoms with Gasteiger partial charge in [-0.3, -0.25) is 4.55 Å². The van der Waals surface area contributed by atoms with Gasteiger partial charge in [-0.2, -0.15) is 13.0 Å². The molecule has 2 heterocycles. The van der Waals surface area contributed by atoms with Crippen LogP contribution in [0.4, 0.5) is 11.4 Å². The molecule has 0 fully saturated rings. The Hall–Kier alpha value is -3.71. The van der Waals surface area contributed by atoms with Crippen molar-refractivity contribution in [1.82, 2.24) is 0 Å². The van der Waals surface area contributed by atoms with Crippen LogP contribution in [0.25, 0.3) is 0 Å². The minimum Gasteiger partial charge on any atom is -0.347 e. The summed E-state index contributed by atoms with van der Waals surface area (Å²) < 4.78 is 37.5. The van der Waals surface area contributed by atoms with Crippen molar-refractivity contribution in [2.24, 2.45) is 0 Å². The Balaban J connectivity index is 1.47. The lowest BCUT2D eigenvalue weighted by Gasteiger charge is -2.28. The average molecular weight is 654 g/mol. The molecule has 1 aliphatic carbocycles. The number of likely N-dealkylation sites (N-methyl/N-ethyl adjacent to an activating group) is 1. The van der Waals surface area contributed by atoms with Crippen molar-refractivity contribution >= 4 is 38.8 Å². The Morgan fingerprint density at radius 3 is 2.26 bits per heavy atom. The fraction of sp³-hybridized carbons (Fsp3) is 0.308. The van der Waals surface area contributed by atoms with E-state index in [1.807, 2.05) is 13.0 Å². The van der Waals surface area contributed by atoms with Gasteiger partial charge in [0.15, 0.2) is 5.71 Å². The molecule has 3 aromatic rings. The number of aryl methyl sites for hydroxylation is 1. The number of fused-ring (bicyclic) bond motifs is 2. The van der Waals surface area contributed by atoms with Crippen LogP contribution in [-0.2, 0) is 20.9 Å². The minimum absolute atomic E-state index is 0.0456. The van der Waals surface area contributed by atoms with Crippen molar-refractivity contribution in [2.45, 2.75) is 69.1 Å². The second kappa shape index (κ2) is 11.5. The van der Waals surface area contributed by atoms with Gasteiger partial charge in [0.05, 0.1) is 10.3 Å². The molecule has 2 aliphatic heterocycles. The third kappa shape index (κ3) is 5.40. The molecule has 0 aromatic heterocycles. The highest BCUT2D eigenvalue weighted by Gasteiger charge is 2.43. The first-order valence-corrected chi connectivity index (χ1v) is 17.5. The van der Waals surface area contributed by atoms with Crippen LogP contribution in [0.15, 0.2) is 118 Å². The number of hydrogen-bond donors (Lipinski definition) is 1. The molecule has 1 unspecified atom stereocenters. The van der Waals surface area contributed by atoms with E-state index in [1.54, 1.807) is 6.07 Å². The normalized spacial score (nSPS) is 22.4. The summed E-state index contributed by atoms with van der Waals surface area (Å²) in [7, 11) is -0.240. The molecule has 3 aromatic carbocycles. The first kappa shape index (κ1) is 32.2. The molecule has 0 amide bonds. The Bertz CT molecular complexity index is 2030. The number of hydrogen-bond acceptors (Lipinski definition) is 3. The highest BCUT2D eigenvalue weighted by Crippen LogP contribution is 2.48. The molecular weight excluding hydrogens is 612 g/mol. The summed E-state index contributed by atoms with van der Waals surface area (Å²) in [4.78, 5) is 2.19. The van der Waals surface area contributed by atoms with Crippen LogP contribution in [0, 0.1) is 6.92 Å². The van der Waals surface area contributed by atoms with Crippen LogP contribution in [-0.4, -0.2) is 37.4 Å². The van der Waals surface area contributed by atoms with E-state index in [4.69, 9.17) is 11.6 Å². The SMILES string of the molecule is Cc1ccc(S(=O)(=O)O)c(C2CC(/C=C/C3=[N+](C)c4ccccc4C3(C)C)=C(Cl)C(=C/C=C3/N(C)c4ccccc4C3(C)C)/C2)c1. The van der Waals surface area contributed by atoms with Gasteiger partial charge in [0.25, 0.3) is 10.1 Å². The zero-order valence-corrected chi connectivity index (χ0v) is 29.2. The van der Waals surface area contributed by atoms with Gasteiger partial charge in [-0.25, -0.2) is 0 Å². The van der Waals surface area contributed by atoms with Crippen molar-refractivity contribution < 1.29 is 17.5 Å². The summed E-state index contributed by atoms with van der Waals surface area (Å²) in [5, 5.41) is 0.679. The van der Waals surface area contributed by atoms with Crippen LogP contribution in [0.3, 0.4) is 0 Å². The highest BCUT2D eigenvalue weighted by molar-refractivity contribution is 7.85. The van der Waals surface area contributed by atoms with Gasteiger partial charge >= 0.3 is 0 Å². The van der Waals surface area contributed by atoms with E-state index < -0.39 is 10.1 Å². The standard InChI is InChI=1S/C39H41ClN2O3S/c1-25-16-19-34(46(43,44)45)29(22-25)28-23-26(17-20-35-38(2,3)30-12-8-10-14-32(30)41(35)6)37(40)27(24-28)18-21-36-39(4,5)31-13-9-11-15-33(31)42(36)7/h8-22,28H,23-24H2,1-7H3/p+1. The number of benzene rings is 3. The molecule has 0 radical (unpaired) electrons. The van der Waals surface area contributed by atoms with E-state index in [9.17, 15) is 13.0 Å². The van der Waals surface area contributed by atoms with Gasteiger partial charge in [-0.1, -0.05) is 91.7 Å². The zero-order chi connectivity index (χ0) is 33.2. The van der Waals surface area contributed by atoms with E-state index in [2.05, 4.69) is 124 Å². The van der Waals surface area contributed by atoms with Crippen LogP contribution >= 0.6 is 11.6 Å². The summed E-state index contributed by atoms with van der Waals surface area (Å²) in [6.45, 7) is 10.9. The summed E-state index contributed by atoms with van der Waals surface area (Å²) >= 11 is 7.25. The first-order chi connectivity index (χ1) is 21.6. The van der Waals surface area contributed by atoms with Crippen LogP contribution < -0.4 is 4.90 Å². The second-order valence-corrected chi connectivity index (χ2v) is 15.6. The molecule has 0 saturated carbocycles. The molecule has 238 valence electrons. The van der Waals surface area contributed by atoms with Crippen molar-refractivity contribution in [3.63, 3.8) is 0 Å². The molecule has 7 heteroatoms. The maximum absolute atomic E-state index is 12.5. The third-order valence-electron chi connectivity index (χ3n) is 10.1. The lowest BCUT2D eigenvalue weighted by atomic mass is 9.79. The van der Waals surface area contributed by atoms with Gasteiger partial charge in [0, 0.05) is 46.6 Å². The van der Waals surface area contributed by atoms with Crippen molar-refractivity contribution in [3.8, 4) is 0 Å². The molecule has 0 bridgehead atoms. The smallest absolute Gasteiger partial charge is 0.294 e. The lowest BCUT2D eigenvalue weighted by molar-refractivity contribution is -0.401. The number of nitrogens with zero attached hydrogens (tertiary/aromatic N) is 2. The van der Waals surface area contributed by atoms with E-state index in [1.165, 1.54) is 28.6 Å². The van der Waals surface area contributed by atoms with E-state index in [-0.39, 0.29) is 21.6 Å². The van der Waals surface area contributed by atoms with Crippen LogP contribution in [0.1, 0.15) is 68.7 Å². The van der Waals surface area contributed by atoms with E-state index in [0.717, 1.165) is 28.1 Å². The molecule has 3 aliphatic rings. The molecule has 46 heavy (non-hydrogen) atoms. The molecule has 0 saturated heterocycles. The summed E-state index contributed by atoms with van der Waals surface area (Å²) in [6, 6.07) is 22.0. The summed E-state index contributed by atoms with van der Waals surface area (Å²) in [6.07, 6.45) is 9.58. The number of rotatable bonds is 5. The summed E-state index contributed by atoms with van der Waals surface area (Å²) in [5.74, 6) is -0.202. The van der Waals surface area contributed by atoms with E-state index in [0.29, 0.717) is 23.4 Å². The Kier molecular flexibility index (Phi) is 8.07. The highest BCUT2D eigenvalue weighted by atomic mass is 35.5. The van der Waals surface area contributed by atoms with Crippen molar-refractivity contribution in [3.05, 3.63) is 135 Å². The van der Waals surface area contributed by atoms with Gasteiger partial charge in [0.1, 0.15) is 7.05 Å². The molecule has 0 spiro atoms. The lowest BCUT2D eigenvalue weighted by Crippen LogP contribution is -2.26. The maximum atomic E-state index is 12.5. The first-order valence-electron chi connectivity index (χ1n) is 15.7. The Labute approximate surface area is 278 Å². The van der Waals surface area contributed by atoms with Crippen molar-refractivity contribution in [2.75, 3.05) is 19.0 Å². The zero-order valence-electron chi connectivity index (χ0n) is 27.6. The fourth-order valence-corrected chi connectivity index (χ4v) is 8.72. The maximum Gasteiger partial charge on any atom is 0.294 e. The summed E-state index contributed by atoms with van der Waals surface area (Å²) in [5.41, 5.74) is 10.2. The van der Waals surface area contributed by atoms with Gasteiger partial charge in [-0.15, -0.1) is 0 Å². The van der Waals surface area contributed by atoms with Crippen LogP contribution in [0.2, 0.25) is 0 Å². The molecule has 6 rings (SSSR count). The largest absolute Gasteiger partial charge is 0.347 e. The second-order valence-electron chi connectivity index (χ2n) is 13.8. The molecule has 1 atom stereocenters. The van der Waals surface area contributed by atoms with E-state index >= 15 is 0 Å². The van der Waals surface area contributed by atoms with Gasteiger partial charge < -0.3 is 4.90 Å². The fourth-order valence-electron chi connectivity index (χ4n) is 7.68. The number of anilines is 1.